The van der Waals surface area contributed by atoms with E-state index in [9.17, 15) is 4.79 Å². The van der Waals surface area contributed by atoms with Gasteiger partial charge in [-0.2, -0.15) is 0 Å². The van der Waals surface area contributed by atoms with E-state index < -0.39 is 0 Å². The predicted molar refractivity (Wildman–Crippen MR) is 93.4 cm³/mol. The molecule has 0 bridgehead atoms. The normalized spacial score (nSPS) is 23.5. The number of fused-ring (bicyclic) bond motifs is 1. The molecule has 1 atom stereocenters. The number of urea groups is 1. The maximum absolute atomic E-state index is 12.6. The number of carbonyl (C=O) groups is 1. The highest BCUT2D eigenvalue weighted by molar-refractivity contribution is 5.91. The van der Waals surface area contributed by atoms with E-state index in [0.29, 0.717) is 36.5 Å². The van der Waals surface area contributed by atoms with Gasteiger partial charge in [-0.1, -0.05) is 6.07 Å². The molecule has 4 rings (SSSR count). The van der Waals surface area contributed by atoms with Crippen LogP contribution in [0.4, 0.5) is 10.5 Å². The standard InChI is InChI=1S/C18H25N3O4/c22-18(19-15-4-1-5-16-17(15)25-12-11-24-16)21-8-6-20(7-9-21)13-14-3-2-10-23-14/h1,4-5,14H,2-3,6-13H2,(H,19,22). The van der Waals surface area contributed by atoms with E-state index in [2.05, 4.69) is 10.2 Å². The van der Waals surface area contributed by atoms with Crippen LogP contribution in [0.5, 0.6) is 11.5 Å². The average molecular weight is 347 g/mol. The van der Waals surface area contributed by atoms with Gasteiger partial charge < -0.3 is 24.4 Å². The van der Waals surface area contributed by atoms with Gasteiger partial charge in [-0.3, -0.25) is 4.90 Å². The number of nitrogens with zero attached hydrogens (tertiary/aromatic N) is 2. The Labute approximate surface area is 147 Å². The van der Waals surface area contributed by atoms with Gasteiger partial charge in [0.05, 0.1) is 11.8 Å². The lowest BCUT2D eigenvalue weighted by Gasteiger charge is -2.35. The lowest BCUT2D eigenvalue weighted by Crippen LogP contribution is -2.51. The van der Waals surface area contributed by atoms with Crippen molar-refractivity contribution in [2.75, 3.05) is 57.9 Å². The third-order valence-corrected chi connectivity index (χ3v) is 4.95. The van der Waals surface area contributed by atoms with E-state index >= 15 is 0 Å². The fraction of sp³-hybridized carbons (Fsp3) is 0.611. The van der Waals surface area contributed by atoms with Gasteiger partial charge in [0.25, 0.3) is 0 Å². The third-order valence-electron chi connectivity index (χ3n) is 4.95. The van der Waals surface area contributed by atoms with Crippen molar-refractivity contribution < 1.29 is 19.0 Å². The SMILES string of the molecule is O=C(Nc1cccc2c1OCCO2)N1CCN(CC2CCCO2)CC1. The number of carbonyl (C=O) groups excluding carboxylic acids is 1. The summed E-state index contributed by atoms with van der Waals surface area (Å²) in [4.78, 5) is 16.8. The molecule has 2 fully saturated rings. The quantitative estimate of drug-likeness (QED) is 0.903. The second-order valence-corrected chi connectivity index (χ2v) is 6.68. The number of para-hydroxylation sites is 1. The molecule has 7 nitrogen and oxygen atoms in total. The maximum Gasteiger partial charge on any atom is 0.322 e. The van der Waals surface area contributed by atoms with Gasteiger partial charge in [-0.15, -0.1) is 0 Å². The number of amides is 2. The van der Waals surface area contributed by atoms with E-state index in [0.717, 1.165) is 45.8 Å². The Kier molecular flexibility index (Phi) is 4.94. The second kappa shape index (κ2) is 7.49. The summed E-state index contributed by atoms with van der Waals surface area (Å²) >= 11 is 0. The number of anilines is 1. The lowest BCUT2D eigenvalue weighted by molar-refractivity contribution is 0.0571. The zero-order valence-electron chi connectivity index (χ0n) is 14.4. The number of nitrogens with one attached hydrogen (secondary N) is 1. The Morgan fingerprint density at radius 3 is 2.76 bits per heavy atom. The molecule has 2 amide bonds. The van der Waals surface area contributed by atoms with Crippen LogP contribution in [0.1, 0.15) is 12.8 Å². The fourth-order valence-electron chi connectivity index (χ4n) is 3.58. The number of hydrogen-bond acceptors (Lipinski definition) is 5. The Morgan fingerprint density at radius 1 is 1.12 bits per heavy atom. The van der Waals surface area contributed by atoms with E-state index in [1.165, 1.54) is 6.42 Å². The van der Waals surface area contributed by atoms with Gasteiger partial charge in [-0.05, 0) is 25.0 Å². The van der Waals surface area contributed by atoms with Gasteiger partial charge in [0.15, 0.2) is 11.5 Å². The van der Waals surface area contributed by atoms with Crippen molar-refractivity contribution in [3.63, 3.8) is 0 Å². The van der Waals surface area contributed by atoms with Crippen LogP contribution in [-0.4, -0.2) is 74.5 Å². The van der Waals surface area contributed by atoms with Gasteiger partial charge in [-0.25, -0.2) is 4.79 Å². The summed E-state index contributed by atoms with van der Waals surface area (Å²) in [7, 11) is 0. The first kappa shape index (κ1) is 16.5. The summed E-state index contributed by atoms with van der Waals surface area (Å²) in [6.07, 6.45) is 2.69. The summed E-state index contributed by atoms with van der Waals surface area (Å²) in [6, 6.07) is 5.48. The van der Waals surface area contributed by atoms with Crippen LogP contribution in [0.15, 0.2) is 18.2 Å². The van der Waals surface area contributed by atoms with Crippen LogP contribution < -0.4 is 14.8 Å². The molecule has 0 spiro atoms. The molecular formula is C18H25N3O4. The minimum atomic E-state index is -0.0839. The first-order valence-corrected chi connectivity index (χ1v) is 9.08. The number of benzene rings is 1. The molecule has 0 aromatic heterocycles. The Bertz CT molecular complexity index is 610. The van der Waals surface area contributed by atoms with E-state index in [1.54, 1.807) is 0 Å². The van der Waals surface area contributed by atoms with Crippen molar-refractivity contribution in [1.82, 2.24) is 9.80 Å². The van der Waals surface area contributed by atoms with Crippen LogP contribution >= 0.6 is 0 Å². The molecule has 1 aromatic rings. The van der Waals surface area contributed by atoms with Crippen LogP contribution in [0.25, 0.3) is 0 Å². The summed E-state index contributed by atoms with van der Waals surface area (Å²) in [6.45, 7) is 6.14. The van der Waals surface area contributed by atoms with E-state index in [-0.39, 0.29) is 6.03 Å². The monoisotopic (exact) mass is 347 g/mol. The molecule has 0 aliphatic carbocycles. The summed E-state index contributed by atoms with van der Waals surface area (Å²) in [5.41, 5.74) is 0.670. The second-order valence-electron chi connectivity index (χ2n) is 6.68. The Morgan fingerprint density at radius 2 is 1.96 bits per heavy atom. The zero-order valence-corrected chi connectivity index (χ0v) is 14.4. The summed E-state index contributed by atoms with van der Waals surface area (Å²) in [5, 5.41) is 2.97. The minimum Gasteiger partial charge on any atom is -0.486 e. The predicted octanol–water partition coefficient (Wildman–Crippen LogP) is 1.79. The molecule has 0 saturated carbocycles. The van der Waals surface area contributed by atoms with Gasteiger partial charge in [0.1, 0.15) is 13.2 Å². The van der Waals surface area contributed by atoms with Crippen LogP contribution in [0.2, 0.25) is 0 Å². The lowest BCUT2D eigenvalue weighted by atomic mass is 10.2. The highest BCUT2D eigenvalue weighted by Crippen LogP contribution is 2.37. The largest absolute Gasteiger partial charge is 0.486 e. The van der Waals surface area contributed by atoms with Crippen molar-refractivity contribution in [2.24, 2.45) is 0 Å². The minimum absolute atomic E-state index is 0.0839. The van der Waals surface area contributed by atoms with Crippen molar-refractivity contribution in [3.8, 4) is 11.5 Å². The van der Waals surface area contributed by atoms with Gasteiger partial charge >= 0.3 is 6.03 Å². The highest BCUT2D eigenvalue weighted by atomic mass is 16.6. The third kappa shape index (κ3) is 3.82. The Hall–Kier alpha value is -1.99. The summed E-state index contributed by atoms with van der Waals surface area (Å²) < 4.78 is 16.9. The van der Waals surface area contributed by atoms with Crippen LogP contribution in [0, 0.1) is 0 Å². The average Bonchev–Trinajstić information content (AvgIpc) is 3.16. The van der Waals surface area contributed by atoms with Crippen molar-refractivity contribution in [1.29, 1.82) is 0 Å². The fourth-order valence-corrected chi connectivity index (χ4v) is 3.58. The van der Waals surface area contributed by atoms with Crippen molar-refractivity contribution in [2.45, 2.75) is 18.9 Å². The molecular weight excluding hydrogens is 322 g/mol. The molecule has 3 heterocycles. The Balaban J connectivity index is 1.31. The van der Waals surface area contributed by atoms with Crippen molar-refractivity contribution in [3.05, 3.63) is 18.2 Å². The molecule has 1 aromatic carbocycles. The molecule has 3 aliphatic rings. The summed E-state index contributed by atoms with van der Waals surface area (Å²) in [5.74, 6) is 1.31. The first-order valence-electron chi connectivity index (χ1n) is 9.08. The molecule has 0 radical (unpaired) electrons. The number of hydrogen-bond donors (Lipinski definition) is 1. The molecule has 1 unspecified atom stereocenters. The number of ether oxygens (including phenoxy) is 3. The van der Waals surface area contributed by atoms with Crippen molar-refractivity contribution >= 4 is 11.7 Å². The number of rotatable bonds is 3. The molecule has 2 saturated heterocycles. The highest BCUT2D eigenvalue weighted by Gasteiger charge is 2.26. The van der Waals surface area contributed by atoms with Crippen LogP contribution in [-0.2, 0) is 4.74 Å². The molecule has 25 heavy (non-hydrogen) atoms. The molecule has 7 heteroatoms. The maximum atomic E-state index is 12.6. The molecule has 136 valence electrons. The molecule has 3 aliphatic heterocycles. The topological polar surface area (TPSA) is 63.3 Å². The van der Waals surface area contributed by atoms with Crippen LogP contribution in [0.3, 0.4) is 0 Å². The van der Waals surface area contributed by atoms with Gasteiger partial charge in [0, 0.05) is 39.3 Å². The first-order chi connectivity index (χ1) is 12.3. The van der Waals surface area contributed by atoms with E-state index in [1.807, 2.05) is 23.1 Å². The number of piperazine rings is 1. The smallest absolute Gasteiger partial charge is 0.322 e. The zero-order chi connectivity index (χ0) is 17.1. The van der Waals surface area contributed by atoms with E-state index in [4.69, 9.17) is 14.2 Å². The van der Waals surface area contributed by atoms with Gasteiger partial charge in [0.2, 0.25) is 0 Å². The molecule has 1 N–H and O–H groups in total.